The molecular weight excluding hydrogens is 250 g/mol. The lowest BCUT2D eigenvalue weighted by Crippen LogP contribution is -2.14. The van der Waals surface area contributed by atoms with E-state index in [0.29, 0.717) is 0 Å². The Labute approximate surface area is 117 Å². The predicted molar refractivity (Wildman–Crippen MR) is 78.0 cm³/mol. The van der Waals surface area contributed by atoms with Crippen molar-refractivity contribution in [3.63, 3.8) is 0 Å². The maximum Gasteiger partial charge on any atom is 0.0890 e. The Morgan fingerprint density at radius 1 is 1.20 bits per heavy atom. The van der Waals surface area contributed by atoms with Gasteiger partial charge in [0.2, 0.25) is 0 Å². The number of nitrogens with two attached hydrogens (primary N) is 1. The fourth-order valence-electron chi connectivity index (χ4n) is 2.25. The molecule has 5 nitrogen and oxygen atoms in total. The van der Waals surface area contributed by atoms with Crippen molar-refractivity contribution >= 4 is 11.0 Å². The van der Waals surface area contributed by atoms with Gasteiger partial charge in [-0.05, 0) is 31.0 Å². The van der Waals surface area contributed by atoms with Crippen molar-refractivity contribution in [2.45, 2.75) is 18.9 Å². The maximum atomic E-state index is 6.22. The van der Waals surface area contributed by atoms with Crippen molar-refractivity contribution in [3.8, 4) is 0 Å². The first-order valence-corrected chi connectivity index (χ1v) is 6.68. The van der Waals surface area contributed by atoms with E-state index in [4.69, 9.17) is 5.73 Å². The summed E-state index contributed by atoms with van der Waals surface area (Å²) in [6.45, 7) is 0. The minimum Gasteiger partial charge on any atom is -0.323 e. The van der Waals surface area contributed by atoms with Crippen LogP contribution in [0.1, 0.15) is 23.9 Å². The zero-order valence-corrected chi connectivity index (χ0v) is 11.4. The lowest BCUT2D eigenvalue weighted by atomic mass is 10.1. The summed E-state index contributed by atoms with van der Waals surface area (Å²) in [5.41, 5.74) is 10.0. The van der Waals surface area contributed by atoms with Crippen LogP contribution in [0.4, 0.5) is 0 Å². The highest BCUT2D eigenvalue weighted by molar-refractivity contribution is 5.73. The van der Waals surface area contributed by atoms with Gasteiger partial charge in [-0.2, -0.15) is 5.10 Å². The van der Waals surface area contributed by atoms with Crippen molar-refractivity contribution in [2.75, 3.05) is 0 Å². The highest BCUT2D eigenvalue weighted by atomic mass is 15.2. The monoisotopic (exact) mass is 267 g/mol. The van der Waals surface area contributed by atoms with Crippen LogP contribution < -0.4 is 5.73 Å². The van der Waals surface area contributed by atoms with Crippen LogP contribution in [0, 0.1) is 0 Å². The SMILES string of the molecule is Cn1nccc1CCC(N)c1cnc2ccccc2n1. The minimum atomic E-state index is -0.109. The van der Waals surface area contributed by atoms with E-state index in [-0.39, 0.29) is 6.04 Å². The van der Waals surface area contributed by atoms with Crippen LogP contribution in [0.2, 0.25) is 0 Å². The minimum absolute atomic E-state index is 0.109. The van der Waals surface area contributed by atoms with Crippen LogP contribution in [-0.2, 0) is 13.5 Å². The molecule has 1 atom stereocenters. The third-order valence-corrected chi connectivity index (χ3v) is 3.48. The lowest BCUT2D eigenvalue weighted by molar-refractivity contribution is 0.602. The van der Waals surface area contributed by atoms with Gasteiger partial charge in [0.05, 0.1) is 22.9 Å². The van der Waals surface area contributed by atoms with E-state index in [1.54, 1.807) is 12.4 Å². The largest absolute Gasteiger partial charge is 0.323 e. The number of hydrogen-bond donors (Lipinski definition) is 1. The van der Waals surface area contributed by atoms with E-state index in [1.165, 1.54) is 5.69 Å². The molecule has 1 aromatic carbocycles. The van der Waals surface area contributed by atoms with E-state index in [0.717, 1.165) is 29.6 Å². The normalized spacial score (nSPS) is 12.7. The quantitative estimate of drug-likeness (QED) is 0.785. The summed E-state index contributed by atoms with van der Waals surface area (Å²) in [5.74, 6) is 0. The molecule has 0 saturated carbocycles. The van der Waals surface area contributed by atoms with Gasteiger partial charge in [-0.25, -0.2) is 4.98 Å². The van der Waals surface area contributed by atoms with E-state index in [2.05, 4.69) is 15.1 Å². The molecule has 102 valence electrons. The molecule has 3 aromatic rings. The van der Waals surface area contributed by atoms with Crippen LogP contribution in [0.15, 0.2) is 42.7 Å². The Balaban J connectivity index is 1.75. The number of rotatable bonds is 4. The number of aromatic nitrogens is 4. The second-order valence-corrected chi connectivity index (χ2v) is 4.87. The third-order valence-electron chi connectivity index (χ3n) is 3.48. The fourth-order valence-corrected chi connectivity index (χ4v) is 2.25. The molecule has 3 rings (SSSR count). The Hall–Kier alpha value is -2.27. The molecule has 0 bridgehead atoms. The number of hydrogen-bond acceptors (Lipinski definition) is 4. The molecule has 0 spiro atoms. The summed E-state index contributed by atoms with van der Waals surface area (Å²) in [6, 6.07) is 9.73. The highest BCUT2D eigenvalue weighted by Gasteiger charge is 2.10. The lowest BCUT2D eigenvalue weighted by Gasteiger charge is -2.11. The summed E-state index contributed by atoms with van der Waals surface area (Å²) >= 11 is 0. The molecule has 0 saturated heterocycles. The first-order chi connectivity index (χ1) is 9.74. The summed E-state index contributed by atoms with van der Waals surface area (Å²) in [6.07, 6.45) is 5.28. The Morgan fingerprint density at radius 3 is 2.75 bits per heavy atom. The van der Waals surface area contributed by atoms with Gasteiger partial charge in [0.1, 0.15) is 0 Å². The topological polar surface area (TPSA) is 69.6 Å². The second kappa shape index (κ2) is 5.38. The molecule has 1 unspecified atom stereocenters. The molecule has 0 aliphatic heterocycles. The van der Waals surface area contributed by atoms with Gasteiger partial charge in [-0.1, -0.05) is 12.1 Å². The van der Waals surface area contributed by atoms with Gasteiger partial charge in [0, 0.05) is 25.0 Å². The Bertz CT molecular complexity index is 719. The summed E-state index contributed by atoms with van der Waals surface area (Å²) in [7, 11) is 1.94. The number of para-hydroxylation sites is 2. The van der Waals surface area contributed by atoms with Gasteiger partial charge in [-0.3, -0.25) is 9.67 Å². The first kappa shape index (κ1) is 12.7. The standard InChI is InChI=1S/C15H17N5/c1-20-11(8-9-18-20)6-7-12(16)15-10-17-13-4-2-3-5-14(13)19-15/h2-5,8-10,12H,6-7,16H2,1H3. The van der Waals surface area contributed by atoms with E-state index >= 15 is 0 Å². The second-order valence-electron chi connectivity index (χ2n) is 4.87. The Kier molecular flexibility index (Phi) is 3.43. The van der Waals surface area contributed by atoms with Gasteiger partial charge in [0.15, 0.2) is 0 Å². The molecule has 0 aliphatic rings. The maximum absolute atomic E-state index is 6.22. The molecule has 0 aliphatic carbocycles. The fraction of sp³-hybridized carbons (Fsp3) is 0.267. The molecule has 2 N–H and O–H groups in total. The summed E-state index contributed by atoms with van der Waals surface area (Å²) in [4.78, 5) is 8.99. The van der Waals surface area contributed by atoms with Crippen molar-refractivity contribution in [2.24, 2.45) is 12.8 Å². The van der Waals surface area contributed by atoms with E-state index in [1.807, 2.05) is 42.1 Å². The van der Waals surface area contributed by atoms with Crippen molar-refractivity contribution in [3.05, 3.63) is 54.1 Å². The average molecular weight is 267 g/mol. The van der Waals surface area contributed by atoms with Crippen molar-refractivity contribution in [1.29, 1.82) is 0 Å². The van der Waals surface area contributed by atoms with Gasteiger partial charge >= 0.3 is 0 Å². The third kappa shape index (κ3) is 2.53. The van der Waals surface area contributed by atoms with Gasteiger partial charge in [0.25, 0.3) is 0 Å². The van der Waals surface area contributed by atoms with Gasteiger partial charge in [-0.15, -0.1) is 0 Å². The van der Waals surface area contributed by atoms with E-state index < -0.39 is 0 Å². The van der Waals surface area contributed by atoms with Crippen molar-refractivity contribution in [1.82, 2.24) is 19.7 Å². The van der Waals surface area contributed by atoms with Crippen molar-refractivity contribution < 1.29 is 0 Å². The van der Waals surface area contributed by atoms with Gasteiger partial charge < -0.3 is 5.73 Å². The first-order valence-electron chi connectivity index (χ1n) is 6.68. The highest BCUT2D eigenvalue weighted by Crippen LogP contribution is 2.17. The molecule has 20 heavy (non-hydrogen) atoms. The average Bonchev–Trinajstić information content (AvgIpc) is 2.89. The molecule has 0 fully saturated rings. The molecule has 5 heteroatoms. The van der Waals surface area contributed by atoms with Crippen LogP contribution in [-0.4, -0.2) is 19.7 Å². The van der Waals surface area contributed by atoms with E-state index in [9.17, 15) is 0 Å². The zero-order chi connectivity index (χ0) is 13.9. The molecule has 0 amide bonds. The molecule has 2 heterocycles. The number of benzene rings is 1. The Morgan fingerprint density at radius 2 is 2.00 bits per heavy atom. The molecule has 0 radical (unpaired) electrons. The smallest absolute Gasteiger partial charge is 0.0890 e. The summed E-state index contributed by atoms with van der Waals surface area (Å²) in [5, 5.41) is 4.16. The number of aryl methyl sites for hydroxylation is 2. The van der Waals surface area contributed by atoms with Crippen LogP contribution in [0.25, 0.3) is 11.0 Å². The number of nitrogens with zero attached hydrogens (tertiary/aromatic N) is 4. The van der Waals surface area contributed by atoms with Crippen LogP contribution in [0.5, 0.6) is 0 Å². The zero-order valence-electron chi connectivity index (χ0n) is 11.4. The molecular formula is C15H17N5. The molecule has 2 aromatic heterocycles. The van der Waals surface area contributed by atoms with Crippen LogP contribution in [0.3, 0.4) is 0 Å². The predicted octanol–water partition coefficient (Wildman–Crippen LogP) is 2.00. The van der Waals surface area contributed by atoms with Crippen LogP contribution >= 0.6 is 0 Å². The number of fused-ring (bicyclic) bond motifs is 1. The summed E-state index contributed by atoms with van der Waals surface area (Å²) < 4.78 is 1.87.